The van der Waals surface area contributed by atoms with Gasteiger partial charge in [0.1, 0.15) is 0 Å². The van der Waals surface area contributed by atoms with Gasteiger partial charge in [0.2, 0.25) is 5.91 Å². The molecule has 3 nitrogen and oxygen atoms in total. The second kappa shape index (κ2) is 8.76. The summed E-state index contributed by atoms with van der Waals surface area (Å²) in [5, 5.41) is 6.28. The normalized spacial score (nSPS) is 23.9. The summed E-state index contributed by atoms with van der Waals surface area (Å²) in [6.45, 7) is 1.86. The Hall–Kier alpha value is -0.280. The molecule has 1 heterocycles. The van der Waals surface area contributed by atoms with Gasteiger partial charge in [-0.1, -0.05) is 38.5 Å². The van der Waals surface area contributed by atoms with Gasteiger partial charge in [-0.3, -0.25) is 4.79 Å². The Bertz CT molecular complexity index is 236. The maximum atomic E-state index is 11.7. The zero-order valence-electron chi connectivity index (χ0n) is 11.2. The number of unbranched alkanes of at least 4 members (excludes halogenated alkanes) is 1. The highest BCUT2D eigenvalue weighted by molar-refractivity contribution is 5.85. The predicted octanol–water partition coefficient (Wildman–Crippen LogP) is 2.64. The number of carbonyl (C=O) groups is 1. The van der Waals surface area contributed by atoms with Gasteiger partial charge in [-0.2, -0.15) is 0 Å². The molecule has 18 heavy (non-hydrogen) atoms. The molecule has 0 bridgehead atoms. The molecule has 2 rings (SSSR count). The quantitative estimate of drug-likeness (QED) is 0.731. The van der Waals surface area contributed by atoms with Crippen LogP contribution >= 0.6 is 12.4 Å². The summed E-state index contributed by atoms with van der Waals surface area (Å²) >= 11 is 0. The lowest BCUT2D eigenvalue weighted by atomic mass is 10.0. The summed E-state index contributed by atoms with van der Waals surface area (Å²) in [4.78, 5) is 11.7. The van der Waals surface area contributed by atoms with Gasteiger partial charge in [0.15, 0.2) is 0 Å². The van der Waals surface area contributed by atoms with Gasteiger partial charge < -0.3 is 10.6 Å². The SMILES string of the molecule is Cl.O=C(NCCCCC1CCCC1)C1CCCN1. The average Bonchev–Trinajstić information content (AvgIpc) is 3.01. The number of hydrogen-bond donors (Lipinski definition) is 2. The van der Waals surface area contributed by atoms with E-state index in [0.717, 1.165) is 38.3 Å². The van der Waals surface area contributed by atoms with Gasteiger partial charge in [0.25, 0.3) is 0 Å². The lowest BCUT2D eigenvalue weighted by molar-refractivity contribution is -0.122. The van der Waals surface area contributed by atoms with Crippen molar-refractivity contribution < 1.29 is 4.79 Å². The van der Waals surface area contributed by atoms with E-state index in [1.165, 1.54) is 38.5 Å². The summed E-state index contributed by atoms with van der Waals surface area (Å²) < 4.78 is 0. The summed E-state index contributed by atoms with van der Waals surface area (Å²) in [7, 11) is 0. The fraction of sp³-hybridized carbons (Fsp3) is 0.929. The highest BCUT2D eigenvalue weighted by Crippen LogP contribution is 2.28. The Morgan fingerprint density at radius 2 is 1.89 bits per heavy atom. The van der Waals surface area contributed by atoms with Crippen LogP contribution in [0.3, 0.4) is 0 Å². The van der Waals surface area contributed by atoms with Gasteiger partial charge in [-0.15, -0.1) is 12.4 Å². The van der Waals surface area contributed by atoms with Crippen molar-refractivity contribution in [3.05, 3.63) is 0 Å². The van der Waals surface area contributed by atoms with E-state index in [4.69, 9.17) is 0 Å². The third-order valence-electron chi connectivity index (χ3n) is 4.19. The van der Waals surface area contributed by atoms with Crippen molar-refractivity contribution in [3.8, 4) is 0 Å². The summed E-state index contributed by atoms with van der Waals surface area (Å²) in [6, 6.07) is 0.0878. The molecule has 2 fully saturated rings. The van der Waals surface area contributed by atoms with Gasteiger partial charge in [-0.05, 0) is 31.7 Å². The molecule has 1 unspecified atom stereocenters. The number of hydrogen-bond acceptors (Lipinski definition) is 2. The Labute approximate surface area is 117 Å². The van der Waals surface area contributed by atoms with Gasteiger partial charge in [0.05, 0.1) is 6.04 Å². The highest BCUT2D eigenvalue weighted by atomic mass is 35.5. The van der Waals surface area contributed by atoms with Crippen LogP contribution in [0.1, 0.15) is 57.8 Å². The Morgan fingerprint density at radius 1 is 1.11 bits per heavy atom. The van der Waals surface area contributed by atoms with Gasteiger partial charge in [0, 0.05) is 6.54 Å². The molecule has 0 aromatic heterocycles. The Morgan fingerprint density at radius 3 is 2.56 bits per heavy atom. The molecule has 0 spiro atoms. The maximum Gasteiger partial charge on any atom is 0.237 e. The molecule has 1 saturated heterocycles. The average molecular weight is 275 g/mol. The number of halogens is 1. The van der Waals surface area contributed by atoms with Gasteiger partial charge in [-0.25, -0.2) is 0 Å². The summed E-state index contributed by atoms with van der Waals surface area (Å²) in [5.41, 5.74) is 0. The highest BCUT2D eigenvalue weighted by Gasteiger charge is 2.21. The van der Waals surface area contributed by atoms with Crippen molar-refractivity contribution in [2.75, 3.05) is 13.1 Å². The molecule has 0 aromatic carbocycles. The molecule has 2 N–H and O–H groups in total. The van der Waals surface area contributed by atoms with E-state index in [9.17, 15) is 4.79 Å². The fourth-order valence-electron chi connectivity index (χ4n) is 3.10. The summed E-state index contributed by atoms with van der Waals surface area (Å²) in [5.74, 6) is 1.20. The van der Waals surface area contributed by atoms with E-state index in [1.807, 2.05) is 0 Å². The molecule has 106 valence electrons. The van der Waals surface area contributed by atoms with Crippen LogP contribution in [0.4, 0.5) is 0 Å². The first-order chi connectivity index (χ1) is 8.36. The zero-order chi connectivity index (χ0) is 11.9. The third kappa shape index (κ3) is 5.15. The van der Waals surface area contributed by atoms with Crippen LogP contribution in [0.25, 0.3) is 0 Å². The van der Waals surface area contributed by atoms with Crippen LogP contribution in [0, 0.1) is 5.92 Å². The van der Waals surface area contributed by atoms with E-state index < -0.39 is 0 Å². The second-order valence-electron chi connectivity index (χ2n) is 5.59. The molecule has 1 aliphatic carbocycles. The molecule has 1 amide bonds. The van der Waals surface area contributed by atoms with Crippen LogP contribution in [-0.4, -0.2) is 25.0 Å². The minimum absolute atomic E-state index is 0. The second-order valence-corrected chi connectivity index (χ2v) is 5.59. The largest absolute Gasteiger partial charge is 0.355 e. The molecule has 1 saturated carbocycles. The molecule has 0 aromatic rings. The van der Waals surface area contributed by atoms with Crippen LogP contribution in [0.15, 0.2) is 0 Å². The maximum absolute atomic E-state index is 11.7. The molecular weight excluding hydrogens is 248 g/mol. The number of amides is 1. The van der Waals surface area contributed by atoms with E-state index in [-0.39, 0.29) is 24.4 Å². The smallest absolute Gasteiger partial charge is 0.237 e. The van der Waals surface area contributed by atoms with Crippen LogP contribution in [0.5, 0.6) is 0 Å². The van der Waals surface area contributed by atoms with Crippen LogP contribution in [0.2, 0.25) is 0 Å². The van der Waals surface area contributed by atoms with Crippen molar-refractivity contribution in [3.63, 3.8) is 0 Å². The monoisotopic (exact) mass is 274 g/mol. The molecule has 0 radical (unpaired) electrons. The minimum Gasteiger partial charge on any atom is -0.355 e. The lowest BCUT2D eigenvalue weighted by Gasteiger charge is -2.12. The van der Waals surface area contributed by atoms with E-state index in [0.29, 0.717) is 0 Å². The Balaban J connectivity index is 0.00000162. The van der Waals surface area contributed by atoms with Crippen molar-refractivity contribution >= 4 is 18.3 Å². The van der Waals surface area contributed by atoms with Crippen molar-refractivity contribution in [1.29, 1.82) is 0 Å². The topological polar surface area (TPSA) is 41.1 Å². The van der Waals surface area contributed by atoms with Crippen LogP contribution in [-0.2, 0) is 4.79 Å². The zero-order valence-corrected chi connectivity index (χ0v) is 12.1. The van der Waals surface area contributed by atoms with E-state index in [1.54, 1.807) is 0 Å². The molecule has 2 aliphatic rings. The van der Waals surface area contributed by atoms with Gasteiger partial charge >= 0.3 is 0 Å². The third-order valence-corrected chi connectivity index (χ3v) is 4.19. The van der Waals surface area contributed by atoms with Crippen molar-refractivity contribution in [1.82, 2.24) is 10.6 Å². The molecule has 1 aliphatic heterocycles. The first-order valence-corrected chi connectivity index (χ1v) is 7.37. The molecule has 4 heteroatoms. The standard InChI is InChI=1S/C14H26N2O.ClH/c17-14(13-9-5-11-15-13)16-10-4-3-8-12-6-1-2-7-12;/h12-13,15H,1-11H2,(H,16,17);1H. The predicted molar refractivity (Wildman–Crippen MR) is 77.1 cm³/mol. The first-order valence-electron chi connectivity index (χ1n) is 7.37. The minimum atomic E-state index is 0. The van der Waals surface area contributed by atoms with E-state index in [2.05, 4.69) is 10.6 Å². The fourth-order valence-corrected chi connectivity index (χ4v) is 3.10. The lowest BCUT2D eigenvalue weighted by Crippen LogP contribution is -2.40. The van der Waals surface area contributed by atoms with Crippen molar-refractivity contribution in [2.45, 2.75) is 63.8 Å². The van der Waals surface area contributed by atoms with Crippen molar-refractivity contribution in [2.24, 2.45) is 5.92 Å². The number of rotatable bonds is 6. The molecular formula is C14H27ClN2O. The van der Waals surface area contributed by atoms with Crippen LogP contribution < -0.4 is 10.6 Å². The number of carbonyl (C=O) groups excluding carboxylic acids is 1. The number of nitrogens with one attached hydrogen (secondary N) is 2. The summed E-state index contributed by atoms with van der Waals surface area (Å²) in [6.07, 6.45) is 11.7. The molecule has 1 atom stereocenters. The van der Waals surface area contributed by atoms with E-state index >= 15 is 0 Å². The Kier molecular flexibility index (Phi) is 7.68. The first kappa shape index (κ1) is 15.8.